The number of halogens is 1. The Morgan fingerprint density at radius 1 is 1.56 bits per heavy atom. The minimum Gasteiger partial charge on any atom is -0.495 e. The van der Waals surface area contributed by atoms with E-state index >= 15 is 0 Å². The van der Waals surface area contributed by atoms with Crippen LogP contribution in [0.5, 0.6) is 5.75 Å². The molecule has 0 saturated heterocycles. The lowest BCUT2D eigenvalue weighted by atomic mass is 10.1. The van der Waals surface area contributed by atoms with Crippen LogP contribution in [0.25, 0.3) is 10.9 Å². The summed E-state index contributed by atoms with van der Waals surface area (Å²) in [5.41, 5.74) is 1.39. The van der Waals surface area contributed by atoms with Gasteiger partial charge in [-0.25, -0.2) is 0 Å². The normalized spacial score (nSPS) is 10.6. The van der Waals surface area contributed by atoms with E-state index in [1.165, 1.54) is 0 Å². The smallest absolute Gasteiger partial charge is 0.307 e. The molecule has 0 fully saturated rings. The molecule has 2 rings (SSSR count). The number of hydrogen-bond acceptors (Lipinski definition) is 2. The standard InChI is InChI=1S/C11H10ClNO3/c1-16-8-3-2-7(12)10-6(4-9(14)15)5-13-11(8)10/h2-3,5,13H,4H2,1H3,(H,14,15). The molecule has 1 heterocycles. The van der Waals surface area contributed by atoms with E-state index in [2.05, 4.69) is 4.98 Å². The zero-order valence-corrected chi connectivity index (χ0v) is 9.34. The van der Waals surface area contributed by atoms with Gasteiger partial charge in [-0.1, -0.05) is 11.6 Å². The first-order chi connectivity index (χ1) is 7.63. The molecule has 0 aliphatic heterocycles. The summed E-state index contributed by atoms with van der Waals surface area (Å²) in [6.07, 6.45) is 1.58. The highest BCUT2D eigenvalue weighted by atomic mass is 35.5. The summed E-state index contributed by atoms with van der Waals surface area (Å²) >= 11 is 6.05. The van der Waals surface area contributed by atoms with Gasteiger partial charge < -0.3 is 14.8 Å². The number of fused-ring (bicyclic) bond motifs is 1. The number of benzene rings is 1. The van der Waals surface area contributed by atoms with Crippen LogP contribution in [0, 0.1) is 0 Å². The molecule has 0 atom stereocenters. The van der Waals surface area contributed by atoms with Crippen molar-refractivity contribution in [1.82, 2.24) is 4.98 Å². The van der Waals surface area contributed by atoms with Crippen molar-refractivity contribution in [3.8, 4) is 5.75 Å². The molecule has 1 aromatic carbocycles. The Morgan fingerprint density at radius 3 is 2.94 bits per heavy atom. The van der Waals surface area contributed by atoms with Gasteiger partial charge in [-0.3, -0.25) is 4.79 Å². The van der Waals surface area contributed by atoms with Crippen LogP contribution in [0.3, 0.4) is 0 Å². The Kier molecular flexibility index (Phi) is 2.75. The van der Waals surface area contributed by atoms with Crippen LogP contribution in [0.4, 0.5) is 0 Å². The summed E-state index contributed by atoms with van der Waals surface area (Å²) in [5.74, 6) is -0.240. The third-order valence-corrected chi connectivity index (χ3v) is 2.70. The van der Waals surface area contributed by atoms with Crippen molar-refractivity contribution in [3.05, 3.63) is 28.9 Å². The maximum Gasteiger partial charge on any atom is 0.307 e. The number of hydrogen-bond donors (Lipinski definition) is 2. The fourth-order valence-corrected chi connectivity index (χ4v) is 2.00. The van der Waals surface area contributed by atoms with E-state index in [0.717, 1.165) is 5.52 Å². The van der Waals surface area contributed by atoms with Crippen molar-refractivity contribution in [3.63, 3.8) is 0 Å². The lowest BCUT2D eigenvalue weighted by molar-refractivity contribution is -0.136. The SMILES string of the molecule is COc1ccc(Cl)c2c(CC(=O)O)c[nH]c12. The van der Waals surface area contributed by atoms with Gasteiger partial charge in [0.15, 0.2) is 0 Å². The third kappa shape index (κ3) is 1.72. The molecule has 0 saturated carbocycles. The van der Waals surface area contributed by atoms with Gasteiger partial charge in [-0.2, -0.15) is 0 Å². The molecule has 0 aliphatic rings. The van der Waals surface area contributed by atoms with Gasteiger partial charge in [0.25, 0.3) is 0 Å². The van der Waals surface area contributed by atoms with Crippen molar-refractivity contribution >= 4 is 28.5 Å². The van der Waals surface area contributed by atoms with Gasteiger partial charge in [0.2, 0.25) is 0 Å². The van der Waals surface area contributed by atoms with E-state index in [4.69, 9.17) is 21.4 Å². The number of carbonyl (C=O) groups is 1. The molecule has 0 bridgehead atoms. The first kappa shape index (κ1) is 10.8. The van der Waals surface area contributed by atoms with E-state index in [1.54, 1.807) is 25.4 Å². The van der Waals surface area contributed by atoms with Gasteiger partial charge in [-0.15, -0.1) is 0 Å². The van der Waals surface area contributed by atoms with Crippen LogP contribution < -0.4 is 4.74 Å². The molecular weight excluding hydrogens is 230 g/mol. The largest absolute Gasteiger partial charge is 0.495 e. The number of ether oxygens (including phenoxy) is 1. The fourth-order valence-electron chi connectivity index (χ4n) is 1.72. The molecule has 1 aromatic heterocycles. The van der Waals surface area contributed by atoms with Crippen LogP contribution in [0.2, 0.25) is 5.02 Å². The van der Waals surface area contributed by atoms with Crippen molar-refractivity contribution in [2.75, 3.05) is 7.11 Å². The summed E-state index contributed by atoms with van der Waals surface area (Å²) in [6.45, 7) is 0. The molecule has 2 aromatic rings. The van der Waals surface area contributed by atoms with Crippen molar-refractivity contribution in [2.24, 2.45) is 0 Å². The predicted octanol–water partition coefficient (Wildman–Crippen LogP) is 2.46. The van der Waals surface area contributed by atoms with Crippen molar-refractivity contribution in [1.29, 1.82) is 0 Å². The molecule has 4 nitrogen and oxygen atoms in total. The van der Waals surface area contributed by atoms with Gasteiger partial charge in [-0.05, 0) is 17.7 Å². The number of nitrogens with one attached hydrogen (secondary N) is 1. The highest BCUT2D eigenvalue weighted by Gasteiger charge is 2.13. The number of aromatic amines is 1. The highest BCUT2D eigenvalue weighted by Crippen LogP contribution is 2.33. The number of H-pyrrole nitrogens is 1. The minimum atomic E-state index is -0.889. The Balaban J connectivity index is 2.65. The van der Waals surface area contributed by atoms with Crippen LogP contribution in [0.15, 0.2) is 18.3 Å². The summed E-state index contributed by atoms with van der Waals surface area (Å²) in [4.78, 5) is 13.7. The number of rotatable bonds is 3. The number of methoxy groups -OCH3 is 1. The predicted molar refractivity (Wildman–Crippen MR) is 61.2 cm³/mol. The van der Waals surface area contributed by atoms with E-state index in [1.807, 2.05) is 0 Å². The Labute approximate surface area is 96.8 Å². The van der Waals surface area contributed by atoms with Gasteiger partial charge in [0.1, 0.15) is 5.75 Å². The number of carboxylic acid groups (broad SMARTS) is 1. The average Bonchev–Trinajstić information content (AvgIpc) is 2.63. The summed E-state index contributed by atoms with van der Waals surface area (Å²) in [7, 11) is 1.56. The van der Waals surface area contributed by atoms with Crippen molar-refractivity contribution in [2.45, 2.75) is 6.42 Å². The minimum absolute atomic E-state index is 0.0626. The van der Waals surface area contributed by atoms with Crippen molar-refractivity contribution < 1.29 is 14.6 Å². The highest BCUT2D eigenvalue weighted by molar-refractivity contribution is 6.36. The Morgan fingerprint density at radius 2 is 2.31 bits per heavy atom. The van der Waals surface area contributed by atoms with Crippen LogP contribution in [-0.4, -0.2) is 23.2 Å². The number of carboxylic acids is 1. The van der Waals surface area contributed by atoms with E-state index in [9.17, 15) is 4.79 Å². The number of aromatic nitrogens is 1. The molecule has 0 radical (unpaired) electrons. The zero-order chi connectivity index (χ0) is 11.7. The summed E-state index contributed by atoms with van der Waals surface area (Å²) < 4.78 is 5.16. The van der Waals surface area contributed by atoms with Gasteiger partial charge >= 0.3 is 5.97 Å². The van der Waals surface area contributed by atoms with Crippen LogP contribution in [0.1, 0.15) is 5.56 Å². The quantitative estimate of drug-likeness (QED) is 0.865. The lowest BCUT2D eigenvalue weighted by Crippen LogP contribution is -1.99. The van der Waals surface area contributed by atoms with E-state index in [-0.39, 0.29) is 6.42 Å². The maximum absolute atomic E-state index is 10.7. The van der Waals surface area contributed by atoms with E-state index < -0.39 is 5.97 Å². The third-order valence-electron chi connectivity index (χ3n) is 2.39. The molecule has 0 unspecified atom stereocenters. The average molecular weight is 240 g/mol. The van der Waals surface area contributed by atoms with E-state index in [0.29, 0.717) is 21.7 Å². The lowest BCUT2D eigenvalue weighted by Gasteiger charge is -2.03. The second-order valence-electron chi connectivity index (χ2n) is 3.38. The second-order valence-corrected chi connectivity index (χ2v) is 3.79. The first-order valence-corrected chi connectivity index (χ1v) is 5.05. The Hall–Kier alpha value is -1.68. The zero-order valence-electron chi connectivity index (χ0n) is 8.58. The summed E-state index contributed by atoms with van der Waals surface area (Å²) in [6, 6.07) is 3.44. The fraction of sp³-hybridized carbons (Fsp3) is 0.182. The molecule has 0 spiro atoms. The van der Waals surface area contributed by atoms with Gasteiger partial charge in [0, 0.05) is 11.6 Å². The van der Waals surface area contributed by atoms with Crippen LogP contribution in [-0.2, 0) is 11.2 Å². The monoisotopic (exact) mass is 239 g/mol. The molecule has 0 aliphatic carbocycles. The molecule has 0 amide bonds. The topological polar surface area (TPSA) is 62.3 Å². The summed E-state index contributed by atoms with van der Waals surface area (Å²) in [5, 5.41) is 10.0. The molecule has 2 N–H and O–H groups in total. The first-order valence-electron chi connectivity index (χ1n) is 4.67. The number of aliphatic carboxylic acids is 1. The molecular formula is C11H10ClNO3. The molecule has 16 heavy (non-hydrogen) atoms. The molecule has 5 heteroatoms. The molecule has 84 valence electrons. The second kappa shape index (κ2) is 4.06. The van der Waals surface area contributed by atoms with Gasteiger partial charge in [0.05, 0.1) is 24.1 Å². The van der Waals surface area contributed by atoms with Crippen LogP contribution >= 0.6 is 11.6 Å². The maximum atomic E-state index is 10.7. The Bertz CT molecular complexity index is 547.